The summed E-state index contributed by atoms with van der Waals surface area (Å²) in [6.07, 6.45) is 3.02. The molecule has 1 aliphatic rings. The number of fused-ring (bicyclic) bond motifs is 1. The van der Waals surface area contributed by atoms with Crippen molar-refractivity contribution in [2.45, 2.75) is 19.9 Å². The number of aromatic nitrogens is 2. The summed E-state index contributed by atoms with van der Waals surface area (Å²) in [7, 11) is 0. The van der Waals surface area contributed by atoms with Crippen LogP contribution in [-0.4, -0.2) is 33.4 Å². The van der Waals surface area contributed by atoms with E-state index < -0.39 is 0 Å². The largest absolute Gasteiger partial charge is 0.341 e. The van der Waals surface area contributed by atoms with Crippen molar-refractivity contribution < 1.29 is 4.79 Å². The third-order valence-corrected chi connectivity index (χ3v) is 4.57. The molecule has 3 aromatic rings. The first-order chi connectivity index (χ1) is 11.2. The smallest absolute Gasteiger partial charge is 0.242 e. The minimum absolute atomic E-state index is 0.196. The number of carbonyl (C=O) groups is 1. The van der Waals surface area contributed by atoms with Gasteiger partial charge in [0.1, 0.15) is 6.54 Å². The molecule has 4 nitrogen and oxygen atoms in total. The van der Waals surface area contributed by atoms with Crippen LogP contribution in [-0.2, 0) is 11.3 Å². The molecule has 1 aliphatic heterocycles. The van der Waals surface area contributed by atoms with Gasteiger partial charge in [-0.2, -0.15) is 0 Å². The Balaban J connectivity index is 1.74. The average Bonchev–Trinajstić information content (AvgIpc) is 2.82. The van der Waals surface area contributed by atoms with Crippen molar-refractivity contribution in [2.24, 2.45) is 0 Å². The van der Waals surface area contributed by atoms with Gasteiger partial charge in [0.15, 0.2) is 0 Å². The maximum absolute atomic E-state index is 12.3. The minimum Gasteiger partial charge on any atom is -0.341 e. The lowest BCUT2D eigenvalue weighted by atomic mass is 10.1. The van der Waals surface area contributed by atoms with Crippen molar-refractivity contribution in [2.75, 3.05) is 13.1 Å². The van der Waals surface area contributed by atoms with Crippen LogP contribution in [0.3, 0.4) is 0 Å². The first-order valence-corrected chi connectivity index (χ1v) is 8.01. The zero-order valence-corrected chi connectivity index (χ0v) is 13.2. The fraction of sp³-hybridized carbons (Fsp3) is 0.263. The van der Waals surface area contributed by atoms with Gasteiger partial charge in [0.25, 0.3) is 0 Å². The van der Waals surface area contributed by atoms with E-state index in [0.717, 1.165) is 47.4 Å². The second-order valence-corrected chi connectivity index (χ2v) is 6.10. The summed E-state index contributed by atoms with van der Waals surface area (Å²) >= 11 is 0. The van der Waals surface area contributed by atoms with E-state index in [1.54, 1.807) is 0 Å². The van der Waals surface area contributed by atoms with E-state index in [-0.39, 0.29) is 5.91 Å². The molecule has 4 heteroatoms. The van der Waals surface area contributed by atoms with E-state index >= 15 is 0 Å². The molecule has 3 heterocycles. The van der Waals surface area contributed by atoms with Gasteiger partial charge < -0.3 is 9.47 Å². The number of likely N-dealkylation sites (tertiary alicyclic amines) is 1. The van der Waals surface area contributed by atoms with Crippen LogP contribution < -0.4 is 0 Å². The van der Waals surface area contributed by atoms with E-state index in [1.165, 1.54) is 0 Å². The number of rotatable bonds is 3. The highest BCUT2D eigenvalue weighted by Crippen LogP contribution is 2.25. The minimum atomic E-state index is 0.196. The molecule has 0 atom stereocenters. The summed E-state index contributed by atoms with van der Waals surface area (Å²) in [6.45, 7) is 4.22. The first-order valence-electron chi connectivity index (χ1n) is 8.01. The first kappa shape index (κ1) is 14.0. The molecular weight excluding hydrogens is 286 g/mol. The van der Waals surface area contributed by atoms with Crippen LogP contribution in [0.15, 0.2) is 48.7 Å². The third-order valence-electron chi connectivity index (χ3n) is 4.57. The summed E-state index contributed by atoms with van der Waals surface area (Å²) < 4.78 is 2.08. The summed E-state index contributed by atoms with van der Waals surface area (Å²) in [4.78, 5) is 18.8. The van der Waals surface area contributed by atoms with Gasteiger partial charge in [-0.15, -0.1) is 0 Å². The molecule has 0 N–H and O–H groups in total. The molecular formula is C19H19N3O. The maximum Gasteiger partial charge on any atom is 0.242 e. The van der Waals surface area contributed by atoms with Gasteiger partial charge in [0.2, 0.25) is 5.91 Å². The molecule has 1 aromatic carbocycles. The second-order valence-electron chi connectivity index (χ2n) is 6.10. The lowest BCUT2D eigenvalue weighted by molar-refractivity contribution is -0.135. The molecule has 1 saturated heterocycles. The molecule has 1 amide bonds. The topological polar surface area (TPSA) is 38.1 Å². The fourth-order valence-corrected chi connectivity index (χ4v) is 3.06. The zero-order chi connectivity index (χ0) is 15.8. The van der Waals surface area contributed by atoms with Gasteiger partial charge in [-0.25, -0.2) is 0 Å². The SMILES string of the molecule is Cc1cc2ncc(-c3ccccc3)cc2n1CC(=O)N1CCC1. The number of carbonyl (C=O) groups excluding carboxylic acids is 1. The van der Waals surface area contributed by atoms with Crippen LogP contribution in [0, 0.1) is 6.92 Å². The van der Waals surface area contributed by atoms with Crippen LogP contribution >= 0.6 is 0 Å². The fourth-order valence-electron chi connectivity index (χ4n) is 3.06. The third kappa shape index (κ3) is 2.50. The number of hydrogen-bond acceptors (Lipinski definition) is 2. The number of aryl methyl sites for hydroxylation is 1. The molecule has 0 saturated carbocycles. The maximum atomic E-state index is 12.3. The number of pyridine rings is 1. The van der Waals surface area contributed by atoms with Crippen molar-refractivity contribution in [3.63, 3.8) is 0 Å². The normalized spacial score (nSPS) is 14.0. The van der Waals surface area contributed by atoms with Crippen molar-refractivity contribution >= 4 is 16.9 Å². The van der Waals surface area contributed by atoms with Crippen molar-refractivity contribution in [3.8, 4) is 11.1 Å². The lowest BCUT2D eigenvalue weighted by Crippen LogP contribution is -2.43. The van der Waals surface area contributed by atoms with E-state index in [4.69, 9.17) is 0 Å². The second kappa shape index (κ2) is 5.54. The Hall–Kier alpha value is -2.62. The van der Waals surface area contributed by atoms with Gasteiger partial charge >= 0.3 is 0 Å². The van der Waals surface area contributed by atoms with E-state index in [1.807, 2.05) is 42.3 Å². The monoisotopic (exact) mass is 305 g/mol. The molecule has 2 aromatic heterocycles. The average molecular weight is 305 g/mol. The molecule has 23 heavy (non-hydrogen) atoms. The molecule has 0 aliphatic carbocycles. The van der Waals surface area contributed by atoms with Crippen molar-refractivity contribution in [3.05, 3.63) is 54.4 Å². The zero-order valence-electron chi connectivity index (χ0n) is 13.2. The summed E-state index contributed by atoms with van der Waals surface area (Å²) in [6, 6.07) is 14.4. The van der Waals surface area contributed by atoms with Gasteiger partial charge in [0, 0.05) is 30.5 Å². The Morgan fingerprint density at radius 2 is 1.91 bits per heavy atom. The highest BCUT2D eigenvalue weighted by Gasteiger charge is 2.21. The number of benzene rings is 1. The quantitative estimate of drug-likeness (QED) is 0.745. The Morgan fingerprint density at radius 3 is 2.61 bits per heavy atom. The molecule has 0 radical (unpaired) electrons. The van der Waals surface area contributed by atoms with E-state index in [2.05, 4.69) is 27.8 Å². The molecule has 0 unspecified atom stereocenters. The Bertz CT molecular complexity index is 863. The van der Waals surface area contributed by atoms with E-state index in [0.29, 0.717) is 6.54 Å². The Kier molecular flexibility index (Phi) is 3.37. The van der Waals surface area contributed by atoms with Crippen LogP contribution in [0.4, 0.5) is 0 Å². The van der Waals surface area contributed by atoms with Gasteiger partial charge in [-0.05, 0) is 31.0 Å². The lowest BCUT2D eigenvalue weighted by Gasteiger charge is -2.31. The van der Waals surface area contributed by atoms with Gasteiger partial charge in [-0.1, -0.05) is 30.3 Å². The van der Waals surface area contributed by atoms with E-state index in [9.17, 15) is 4.79 Å². The van der Waals surface area contributed by atoms with Crippen molar-refractivity contribution in [1.82, 2.24) is 14.5 Å². The summed E-state index contributed by atoms with van der Waals surface area (Å²) in [5.41, 5.74) is 5.26. The van der Waals surface area contributed by atoms with Crippen LogP contribution in [0.1, 0.15) is 12.1 Å². The molecule has 1 fully saturated rings. The Morgan fingerprint density at radius 1 is 1.13 bits per heavy atom. The van der Waals surface area contributed by atoms with Crippen molar-refractivity contribution in [1.29, 1.82) is 0 Å². The number of amides is 1. The molecule has 0 bridgehead atoms. The van der Waals surface area contributed by atoms with Crippen LogP contribution in [0.2, 0.25) is 0 Å². The predicted octanol–water partition coefficient (Wildman–Crippen LogP) is 3.24. The standard InChI is InChI=1S/C19H19N3O/c1-14-10-17-18(22(14)13-19(23)21-8-5-9-21)11-16(12-20-17)15-6-3-2-4-7-15/h2-4,6-7,10-12H,5,8-9,13H2,1H3. The highest BCUT2D eigenvalue weighted by molar-refractivity contribution is 5.85. The van der Waals surface area contributed by atoms with Gasteiger partial charge in [0.05, 0.1) is 11.0 Å². The molecule has 0 spiro atoms. The van der Waals surface area contributed by atoms with Crippen LogP contribution in [0.5, 0.6) is 0 Å². The molecule has 4 rings (SSSR count). The Labute approximate surface area is 135 Å². The predicted molar refractivity (Wildman–Crippen MR) is 91.1 cm³/mol. The highest BCUT2D eigenvalue weighted by atomic mass is 16.2. The van der Waals surface area contributed by atoms with Crippen LogP contribution in [0.25, 0.3) is 22.2 Å². The summed E-state index contributed by atoms with van der Waals surface area (Å²) in [5, 5.41) is 0. The number of hydrogen-bond donors (Lipinski definition) is 0. The number of nitrogens with zero attached hydrogens (tertiary/aromatic N) is 3. The molecule has 116 valence electrons. The van der Waals surface area contributed by atoms with Gasteiger partial charge in [-0.3, -0.25) is 9.78 Å². The summed E-state index contributed by atoms with van der Waals surface area (Å²) in [5.74, 6) is 0.196.